The van der Waals surface area contributed by atoms with Crippen molar-refractivity contribution in [3.8, 4) is 0 Å². The van der Waals surface area contributed by atoms with Crippen LogP contribution in [0.3, 0.4) is 0 Å². The molecule has 1 aromatic rings. The summed E-state index contributed by atoms with van der Waals surface area (Å²) in [7, 11) is 0. The number of carbonyl (C=O) groups is 4. The number of nitrogens with one attached hydrogen (secondary N) is 2. The molecule has 0 saturated carbocycles. The second-order valence-electron chi connectivity index (χ2n) is 6.59. The Balaban J connectivity index is 1.93. The Morgan fingerprint density at radius 3 is 2.59 bits per heavy atom. The molecular formula is C18H22FN3O5. The fourth-order valence-corrected chi connectivity index (χ4v) is 2.46. The van der Waals surface area contributed by atoms with E-state index in [1.54, 1.807) is 20.8 Å². The number of rotatable bonds is 6. The summed E-state index contributed by atoms with van der Waals surface area (Å²) in [5.41, 5.74) is -0.408. The van der Waals surface area contributed by atoms with Crippen molar-refractivity contribution >= 4 is 29.5 Å². The van der Waals surface area contributed by atoms with Crippen LogP contribution in [0.15, 0.2) is 18.2 Å². The maximum absolute atomic E-state index is 13.5. The van der Waals surface area contributed by atoms with Crippen LogP contribution >= 0.6 is 0 Å². The standard InChI is InChI=1S/C18H22FN3O5/c1-5-18(4)16(25)22(17(26)21-18)9-14(23)27-11(3)15(24)20-12-7-6-10(2)13(19)8-12/h6-8,11H,5,9H2,1-4H3,(H,20,24)(H,21,26)/t11-,18+/m1/s1. The first-order valence-electron chi connectivity index (χ1n) is 8.48. The van der Waals surface area contributed by atoms with Gasteiger partial charge in [0.05, 0.1) is 0 Å². The summed E-state index contributed by atoms with van der Waals surface area (Å²) in [5, 5.41) is 4.95. The van der Waals surface area contributed by atoms with Crippen LogP contribution in [0.25, 0.3) is 0 Å². The highest BCUT2D eigenvalue weighted by molar-refractivity contribution is 6.08. The van der Waals surface area contributed by atoms with Gasteiger partial charge in [0.25, 0.3) is 11.8 Å². The molecule has 2 N–H and O–H groups in total. The number of esters is 1. The minimum absolute atomic E-state index is 0.221. The highest BCUT2D eigenvalue weighted by atomic mass is 19.1. The lowest BCUT2D eigenvalue weighted by Crippen LogP contribution is -2.44. The molecule has 2 atom stereocenters. The van der Waals surface area contributed by atoms with Gasteiger partial charge in [-0.25, -0.2) is 9.18 Å². The zero-order chi connectivity index (χ0) is 20.4. The second kappa shape index (κ2) is 7.73. The molecule has 0 bridgehead atoms. The number of benzene rings is 1. The molecule has 0 unspecified atom stereocenters. The molecule has 9 heteroatoms. The molecule has 1 heterocycles. The van der Waals surface area contributed by atoms with Crippen LogP contribution in [-0.4, -0.2) is 46.9 Å². The number of carbonyl (C=O) groups excluding carboxylic acids is 4. The van der Waals surface area contributed by atoms with Crippen molar-refractivity contribution in [1.82, 2.24) is 10.2 Å². The van der Waals surface area contributed by atoms with Gasteiger partial charge in [-0.1, -0.05) is 13.0 Å². The summed E-state index contributed by atoms with van der Waals surface area (Å²) in [4.78, 5) is 49.0. The number of imide groups is 1. The number of halogens is 1. The van der Waals surface area contributed by atoms with Crippen molar-refractivity contribution in [3.63, 3.8) is 0 Å². The van der Waals surface area contributed by atoms with Gasteiger partial charge >= 0.3 is 12.0 Å². The van der Waals surface area contributed by atoms with E-state index in [4.69, 9.17) is 4.74 Å². The summed E-state index contributed by atoms with van der Waals surface area (Å²) < 4.78 is 18.5. The Hall–Kier alpha value is -2.97. The Kier molecular flexibility index (Phi) is 5.82. The molecule has 1 aliphatic rings. The van der Waals surface area contributed by atoms with Gasteiger partial charge in [-0.05, 0) is 44.9 Å². The Bertz CT molecular complexity index is 797. The monoisotopic (exact) mass is 379 g/mol. The molecule has 4 amide bonds. The van der Waals surface area contributed by atoms with Gasteiger partial charge in [0.1, 0.15) is 17.9 Å². The van der Waals surface area contributed by atoms with Crippen LogP contribution in [0.2, 0.25) is 0 Å². The van der Waals surface area contributed by atoms with Crippen LogP contribution in [-0.2, 0) is 19.1 Å². The molecule has 1 saturated heterocycles. The van der Waals surface area contributed by atoms with Crippen LogP contribution in [0.4, 0.5) is 14.9 Å². The van der Waals surface area contributed by atoms with E-state index in [1.165, 1.54) is 19.1 Å². The van der Waals surface area contributed by atoms with E-state index < -0.39 is 47.8 Å². The number of hydrogen-bond acceptors (Lipinski definition) is 5. The van der Waals surface area contributed by atoms with Crippen LogP contribution < -0.4 is 10.6 Å². The molecule has 8 nitrogen and oxygen atoms in total. The van der Waals surface area contributed by atoms with E-state index >= 15 is 0 Å². The van der Waals surface area contributed by atoms with Crippen molar-refractivity contribution < 1.29 is 28.3 Å². The maximum Gasteiger partial charge on any atom is 0.327 e. The number of hydrogen-bond donors (Lipinski definition) is 2. The summed E-state index contributed by atoms with van der Waals surface area (Å²) in [6, 6.07) is 3.49. The molecule has 146 valence electrons. The topological polar surface area (TPSA) is 105 Å². The van der Waals surface area contributed by atoms with Gasteiger partial charge in [-0.3, -0.25) is 19.3 Å². The number of amides is 4. The normalized spacial score (nSPS) is 20.3. The molecule has 27 heavy (non-hydrogen) atoms. The van der Waals surface area contributed by atoms with Crippen molar-refractivity contribution in [1.29, 1.82) is 0 Å². The average molecular weight is 379 g/mol. The van der Waals surface area contributed by atoms with E-state index in [-0.39, 0.29) is 5.69 Å². The van der Waals surface area contributed by atoms with Crippen LogP contribution in [0.5, 0.6) is 0 Å². The first-order chi connectivity index (χ1) is 12.6. The molecule has 1 aromatic carbocycles. The first-order valence-corrected chi connectivity index (χ1v) is 8.48. The first kappa shape index (κ1) is 20.3. The molecule has 1 aliphatic heterocycles. The number of nitrogens with zero attached hydrogens (tertiary/aromatic N) is 1. The van der Waals surface area contributed by atoms with Gasteiger partial charge in [0.2, 0.25) is 0 Å². The Morgan fingerprint density at radius 2 is 2.04 bits per heavy atom. The summed E-state index contributed by atoms with van der Waals surface area (Å²) in [6.45, 7) is 5.62. The zero-order valence-electron chi connectivity index (χ0n) is 15.6. The molecule has 1 fully saturated rings. The Morgan fingerprint density at radius 1 is 1.37 bits per heavy atom. The third-order valence-electron chi connectivity index (χ3n) is 4.46. The van der Waals surface area contributed by atoms with E-state index in [0.29, 0.717) is 12.0 Å². The number of ether oxygens (including phenoxy) is 1. The third-order valence-corrected chi connectivity index (χ3v) is 4.46. The number of anilines is 1. The van der Waals surface area contributed by atoms with Crippen molar-refractivity contribution in [2.45, 2.75) is 45.8 Å². The molecule has 0 spiro atoms. The zero-order valence-corrected chi connectivity index (χ0v) is 15.6. The third kappa shape index (κ3) is 4.42. The van der Waals surface area contributed by atoms with Crippen molar-refractivity contribution in [3.05, 3.63) is 29.6 Å². The van der Waals surface area contributed by atoms with E-state index in [2.05, 4.69) is 10.6 Å². The van der Waals surface area contributed by atoms with Crippen LogP contribution in [0.1, 0.15) is 32.8 Å². The van der Waals surface area contributed by atoms with Gasteiger partial charge in [0.15, 0.2) is 6.10 Å². The summed E-state index contributed by atoms with van der Waals surface area (Å²) in [6.07, 6.45) is -0.824. The van der Waals surface area contributed by atoms with Crippen LogP contribution in [0, 0.1) is 12.7 Å². The van der Waals surface area contributed by atoms with Gasteiger partial charge in [0, 0.05) is 5.69 Å². The SMILES string of the molecule is CC[C@]1(C)NC(=O)N(CC(=O)O[C@H](C)C(=O)Nc2ccc(C)c(F)c2)C1=O. The highest BCUT2D eigenvalue weighted by Crippen LogP contribution is 2.20. The number of aryl methyl sites for hydroxylation is 1. The average Bonchev–Trinajstić information content (AvgIpc) is 2.82. The lowest BCUT2D eigenvalue weighted by molar-refractivity contribution is -0.155. The molecule has 0 aromatic heterocycles. The summed E-state index contributed by atoms with van der Waals surface area (Å²) in [5.74, 6) is -2.58. The fourth-order valence-electron chi connectivity index (χ4n) is 2.46. The Labute approximate surface area is 156 Å². The molecule has 0 aliphatic carbocycles. The van der Waals surface area contributed by atoms with Crippen molar-refractivity contribution in [2.75, 3.05) is 11.9 Å². The molecule has 2 rings (SSSR count). The minimum Gasteiger partial charge on any atom is -0.451 e. The maximum atomic E-state index is 13.5. The highest BCUT2D eigenvalue weighted by Gasteiger charge is 2.47. The molecular weight excluding hydrogens is 357 g/mol. The van der Waals surface area contributed by atoms with Crippen molar-refractivity contribution in [2.24, 2.45) is 0 Å². The van der Waals surface area contributed by atoms with Gasteiger partial charge in [-0.2, -0.15) is 0 Å². The fraction of sp³-hybridized carbons (Fsp3) is 0.444. The van der Waals surface area contributed by atoms with E-state index in [0.717, 1.165) is 11.0 Å². The lowest BCUT2D eigenvalue weighted by atomic mass is 9.99. The largest absolute Gasteiger partial charge is 0.451 e. The quantitative estimate of drug-likeness (QED) is 0.578. The number of urea groups is 1. The predicted molar refractivity (Wildman–Crippen MR) is 94.3 cm³/mol. The summed E-state index contributed by atoms with van der Waals surface area (Å²) >= 11 is 0. The second-order valence-corrected chi connectivity index (χ2v) is 6.59. The van der Waals surface area contributed by atoms with E-state index in [1.807, 2.05) is 0 Å². The molecule has 0 radical (unpaired) electrons. The smallest absolute Gasteiger partial charge is 0.327 e. The lowest BCUT2D eigenvalue weighted by Gasteiger charge is -2.19. The van der Waals surface area contributed by atoms with Gasteiger partial charge in [-0.15, -0.1) is 0 Å². The minimum atomic E-state index is -1.19. The van der Waals surface area contributed by atoms with Gasteiger partial charge < -0.3 is 15.4 Å². The predicted octanol–water partition coefficient (Wildman–Crippen LogP) is 1.72. The van der Waals surface area contributed by atoms with E-state index in [9.17, 15) is 23.6 Å².